The van der Waals surface area contributed by atoms with E-state index in [1.54, 1.807) is 19.2 Å². The average molecular weight is 406 g/mol. The minimum atomic E-state index is -0.505. The molecule has 2 amide bonds. The molecule has 0 aromatic heterocycles. The summed E-state index contributed by atoms with van der Waals surface area (Å²) in [6, 6.07) is 6.42. The van der Waals surface area contributed by atoms with Crippen molar-refractivity contribution in [1.29, 1.82) is 0 Å². The lowest BCUT2D eigenvalue weighted by Crippen LogP contribution is -2.45. The second-order valence-corrected chi connectivity index (χ2v) is 8.12. The molecule has 3 rings (SSSR count). The van der Waals surface area contributed by atoms with E-state index >= 15 is 0 Å². The number of amides is 2. The minimum Gasteiger partial charge on any atom is -0.385 e. The number of ether oxygens (including phenoxy) is 1. The second-order valence-electron chi connectivity index (χ2n) is 8.12. The predicted octanol–water partition coefficient (Wildman–Crippen LogP) is 2.34. The van der Waals surface area contributed by atoms with Crippen LogP contribution in [0.25, 0.3) is 0 Å². The highest BCUT2D eigenvalue weighted by Crippen LogP contribution is 2.35. The topological polar surface area (TPSA) is 70.7 Å². The third-order valence-electron chi connectivity index (χ3n) is 5.82. The summed E-state index contributed by atoms with van der Waals surface area (Å²) in [5.74, 6) is -0.115. The van der Waals surface area contributed by atoms with E-state index in [9.17, 15) is 14.0 Å². The van der Waals surface area contributed by atoms with Gasteiger partial charge < -0.3 is 15.4 Å². The number of methoxy groups -OCH3 is 1. The zero-order valence-electron chi connectivity index (χ0n) is 17.2. The molecule has 6 nitrogen and oxygen atoms in total. The second kappa shape index (κ2) is 10.7. The zero-order valence-corrected chi connectivity index (χ0v) is 17.2. The summed E-state index contributed by atoms with van der Waals surface area (Å²) < 4.78 is 18.8. The van der Waals surface area contributed by atoms with Crippen molar-refractivity contribution in [2.75, 3.05) is 33.4 Å². The summed E-state index contributed by atoms with van der Waals surface area (Å²) in [5, 5.41) is 5.86. The number of benzene rings is 1. The SMILES string of the molecule is COCCCNC(=O)C[C@H]1CC[C@@H](CNC(=O)c2ccccc2F)N1CC1CC1. The van der Waals surface area contributed by atoms with E-state index in [-0.39, 0.29) is 29.5 Å². The predicted molar refractivity (Wildman–Crippen MR) is 109 cm³/mol. The van der Waals surface area contributed by atoms with Crippen LogP contribution in [0.4, 0.5) is 4.39 Å². The number of halogens is 1. The minimum absolute atomic E-state index is 0.0722. The van der Waals surface area contributed by atoms with Crippen molar-refractivity contribution in [2.45, 2.75) is 50.6 Å². The Labute approximate surface area is 172 Å². The Morgan fingerprint density at radius 2 is 1.90 bits per heavy atom. The molecular formula is C22H32FN3O3. The van der Waals surface area contributed by atoms with E-state index in [0.717, 1.165) is 25.8 Å². The summed E-state index contributed by atoms with van der Waals surface area (Å²) in [5.41, 5.74) is 0.0752. The van der Waals surface area contributed by atoms with E-state index in [2.05, 4.69) is 15.5 Å². The van der Waals surface area contributed by atoms with Crippen LogP contribution < -0.4 is 10.6 Å². The van der Waals surface area contributed by atoms with Crippen LogP contribution in [-0.4, -0.2) is 62.1 Å². The molecule has 0 radical (unpaired) electrons. The molecule has 1 aromatic rings. The number of carbonyl (C=O) groups excluding carboxylic acids is 2. The van der Waals surface area contributed by atoms with Gasteiger partial charge in [-0.3, -0.25) is 14.5 Å². The van der Waals surface area contributed by atoms with Crippen molar-refractivity contribution in [3.63, 3.8) is 0 Å². The van der Waals surface area contributed by atoms with Gasteiger partial charge in [0.05, 0.1) is 5.56 Å². The Morgan fingerprint density at radius 1 is 1.14 bits per heavy atom. The molecule has 2 N–H and O–H groups in total. The third kappa shape index (κ3) is 6.51. The molecule has 1 aliphatic heterocycles. The monoisotopic (exact) mass is 405 g/mol. The molecule has 0 unspecified atom stereocenters. The zero-order chi connectivity index (χ0) is 20.6. The molecule has 2 aliphatic rings. The summed E-state index contributed by atoms with van der Waals surface area (Å²) in [6.07, 6.45) is 5.65. The number of rotatable bonds is 11. The molecule has 1 aromatic carbocycles. The van der Waals surface area contributed by atoms with Gasteiger partial charge in [-0.15, -0.1) is 0 Å². The maximum atomic E-state index is 13.8. The van der Waals surface area contributed by atoms with Crippen LogP contribution in [0.1, 0.15) is 48.9 Å². The number of carbonyl (C=O) groups is 2. The highest BCUT2D eigenvalue weighted by molar-refractivity contribution is 5.94. The Bertz CT molecular complexity index is 696. The van der Waals surface area contributed by atoms with Crippen LogP contribution in [0.2, 0.25) is 0 Å². The van der Waals surface area contributed by atoms with Gasteiger partial charge in [-0.2, -0.15) is 0 Å². The normalized spacial score (nSPS) is 21.9. The molecule has 0 spiro atoms. The highest BCUT2D eigenvalue weighted by Gasteiger charge is 2.38. The van der Waals surface area contributed by atoms with Gasteiger partial charge in [-0.1, -0.05) is 12.1 Å². The molecule has 1 saturated heterocycles. The first-order chi connectivity index (χ1) is 14.1. The van der Waals surface area contributed by atoms with Gasteiger partial charge in [0.1, 0.15) is 5.82 Å². The molecule has 2 fully saturated rings. The van der Waals surface area contributed by atoms with Gasteiger partial charge in [0.25, 0.3) is 5.91 Å². The van der Waals surface area contributed by atoms with Crippen LogP contribution in [0.3, 0.4) is 0 Å². The van der Waals surface area contributed by atoms with Gasteiger partial charge in [0.2, 0.25) is 5.91 Å². The quantitative estimate of drug-likeness (QED) is 0.555. The van der Waals surface area contributed by atoms with Crippen molar-refractivity contribution in [2.24, 2.45) is 5.92 Å². The molecular weight excluding hydrogens is 373 g/mol. The maximum absolute atomic E-state index is 13.8. The smallest absolute Gasteiger partial charge is 0.254 e. The van der Waals surface area contributed by atoms with Crippen molar-refractivity contribution >= 4 is 11.8 Å². The standard InChI is InChI=1S/C22H32FN3O3/c1-29-12-4-11-24-21(27)13-17-9-10-18(26(17)15-16-7-8-16)14-25-22(28)19-5-2-3-6-20(19)23/h2-3,5-6,16-18H,4,7-15H2,1H3,(H,24,27)(H,25,28)/t17-,18+/m1/s1. The van der Waals surface area contributed by atoms with Crippen LogP contribution >= 0.6 is 0 Å². The fourth-order valence-electron chi connectivity index (χ4n) is 4.03. The van der Waals surface area contributed by atoms with E-state index in [4.69, 9.17) is 4.74 Å². The lowest BCUT2D eigenvalue weighted by Gasteiger charge is -2.30. The maximum Gasteiger partial charge on any atom is 0.254 e. The lowest BCUT2D eigenvalue weighted by molar-refractivity contribution is -0.122. The van der Waals surface area contributed by atoms with Crippen LogP contribution in [0, 0.1) is 11.7 Å². The number of nitrogens with one attached hydrogen (secondary N) is 2. The molecule has 0 bridgehead atoms. The summed E-state index contributed by atoms with van der Waals surface area (Å²) in [7, 11) is 1.65. The van der Waals surface area contributed by atoms with Crippen LogP contribution in [0.5, 0.6) is 0 Å². The Hall–Kier alpha value is -1.99. The van der Waals surface area contributed by atoms with E-state index in [1.165, 1.54) is 25.0 Å². The van der Waals surface area contributed by atoms with Crippen molar-refractivity contribution in [3.05, 3.63) is 35.6 Å². The summed E-state index contributed by atoms with van der Waals surface area (Å²) in [6.45, 7) is 2.72. The Morgan fingerprint density at radius 3 is 2.62 bits per heavy atom. The average Bonchev–Trinajstić information content (AvgIpc) is 3.46. The lowest BCUT2D eigenvalue weighted by atomic mass is 10.1. The summed E-state index contributed by atoms with van der Waals surface area (Å²) in [4.78, 5) is 27.1. The highest BCUT2D eigenvalue weighted by atomic mass is 19.1. The largest absolute Gasteiger partial charge is 0.385 e. The van der Waals surface area contributed by atoms with Crippen LogP contribution in [0.15, 0.2) is 24.3 Å². The molecule has 1 aliphatic carbocycles. The number of likely N-dealkylation sites (tertiary alicyclic amines) is 1. The molecule has 7 heteroatoms. The van der Waals surface area contributed by atoms with Crippen molar-refractivity contribution < 1.29 is 18.7 Å². The van der Waals surface area contributed by atoms with Crippen LogP contribution in [-0.2, 0) is 9.53 Å². The van der Waals surface area contributed by atoms with Gasteiger partial charge in [-0.25, -0.2) is 4.39 Å². The fraction of sp³-hybridized carbons (Fsp3) is 0.636. The first kappa shape index (κ1) is 21.7. The van der Waals surface area contributed by atoms with Gasteiger partial charge >= 0.3 is 0 Å². The molecule has 29 heavy (non-hydrogen) atoms. The first-order valence-electron chi connectivity index (χ1n) is 10.6. The van der Waals surface area contributed by atoms with Crippen molar-refractivity contribution in [3.8, 4) is 0 Å². The molecule has 160 valence electrons. The van der Waals surface area contributed by atoms with E-state index in [1.807, 2.05) is 0 Å². The van der Waals surface area contributed by atoms with E-state index < -0.39 is 5.82 Å². The van der Waals surface area contributed by atoms with E-state index in [0.29, 0.717) is 32.0 Å². The van der Waals surface area contributed by atoms with Gasteiger partial charge in [0.15, 0.2) is 0 Å². The van der Waals surface area contributed by atoms with Gasteiger partial charge in [-0.05, 0) is 50.2 Å². The number of hydrogen-bond donors (Lipinski definition) is 2. The van der Waals surface area contributed by atoms with Gasteiger partial charge in [0, 0.05) is 51.9 Å². The Balaban J connectivity index is 1.51. The summed E-state index contributed by atoms with van der Waals surface area (Å²) >= 11 is 0. The van der Waals surface area contributed by atoms with Crippen molar-refractivity contribution in [1.82, 2.24) is 15.5 Å². The Kier molecular flexibility index (Phi) is 8.00. The first-order valence-corrected chi connectivity index (χ1v) is 10.6. The molecule has 1 heterocycles. The number of hydrogen-bond acceptors (Lipinski definition) is 4. The molecule has 2 atom stereocenters. The fourth-order valence-corrected chi connectivity index (χ4v) is 4.03. The molecule has 1 saturated carbocycles. The third-order valence-corrected chi connectivity index (χ3v) is 5.82. The number of nitrogens with zero attached hydrogens (tertiary/aromatic N) is 1.